The van der Waals surface area contributed by atoms with Crippen molar-refractivity contribution < 1.29 is 14.3 Å². The third kappa shape index (κ3) is 4.64. The maximum atomic E-state index is 13.1. The predicted octanol–water partition coefficient (Wildman–Crippen LogP) is 2.61. The highest BCUT2D eigenvalue weighted by molar-refractivity contribution is 6.32. The van der Waals surface area contributed by atoms with E-state index < -0.39 is 5.60 Å². The van der Waals surface area contributed by atoms with Gasteiger partial charge in [-0.15, -0.1) is 0 Å². The molecule has 1 aliphatic heterocycles. The maximum absolute atomic E-state index is 13.1. The van der Waals surface area contributed by atoms with Crippen molar-refractivity contribution >= 4 is 25.3 Å². The summed E-state index contributed by atoms with van der Waals surface area (Å²) in [6, 6.07) is 18.1. The molecule has 1 saturated heterocycles. The first kappa shape index (κ1) is 21.0. The Bertz CT molecular complexity index is 856. The summed E-state index contributed by atoms with van der Waals surface area (Å²) in [6.45, 7) is 4.72. The van der Waals surface area contributed by atoms with Gasteiger partial charge < -0.3 is 14.5 Å². The monoisotopic (exact) mass is 392 g/mol. The predicted molar refractivity (Wildman–Crippen MR) is 117 cm³/mol. The van der Waals surface area contributed by atoms with Crippen LogP contribution in [0.4, 0.5) is 4.79 Å². The zero-order chi connectivity index (χ0) is 21.0. The third-order valence-corrected chi connectivity index (χ3v) is 5.99. The summed E-state index contributed by atoms with van der Waals surface area (Å²) < 4.78 is 6.12. The van der Waals surface area contributed by atoms with Gasteiger partial charge in [-0.25, -0.2) is 4.79 Å². The Kier molecular flexibility index (Phi) is 6.31. The molecule has 2 amide bonds. The van der Waals surface area contributed by atoms with E-state index in [0.717, 1.165) is 11.1 Å². The molecule has 5 nitrogen and oxygen atoms in total. The molecule has 0 aromatic heterocycles. The second-order valence-corrected chi connectivity index (χ2v) is 7.95. The average Bonchev–Trinajstić information content (AvgIpc) is 2.72. The van der Waals surface area contributed by atoms with Crippen LogP contribution in [0.2, 0.25) is 0 Å². The Balaban J connectivity index is 1.81. The van der Waals surface area contributed by atoms with Gasteiger partial charge in [-0.1, -0.05) is 60.1 Å². The molecule has 6 heteroatoms. The summed E-state index contributed by atoms with van der Waals surface area (Å²) in [5, 5.41) is 0. The van der Waals surface area contributed by atoms with E-state index in [2.05, 4.69) is 32.1 Å². The molecule has 0 spiro atoms. The van der Waals surface area contributed by atoms with Gasteiger partial charge in [0.05, 0.1) is 6.04 Å². The van der Waals surface area contributed by atoms with Gasteiger partial charge in [-0.3, -0.25) is 4.79 Å². The molecule has 0 N–H and O–H groups in total. The highest BCUT2D eigenvalue weighted by Crippen LogP contribution is 2.39. The van der Waals surface area contributed by atoms with Crippen LogP contribution in [0.15, 0.2) is 54.6 Å². The molecule has 29 heavy (non-hydrogen) atoms. The van der Waals surface area contributed by atoms with Gasteiger partial charge in [-0.2, -0.15) is 0 Å². The van der Waals surface area contributed by atoms with Gasteiger partial charge in [0.15, 0.2) is 0 Å². The van der Waals surface area contributed by atoms with Gasteiger partial charge in [0.1, 0.15) is 13.4 Å². The zero-order valence-electron chi connectivity index (χ0n) is 17.7. The standard InChI is InChI=1S/C23H29BN2O3/c1-17(19-9-11-21(24)12-10-19)26-16-14-23(29-22(26)28,13-15-25(3)18(2)27)20-7-5-4-6-8-20/h4-12,17H,13-16,24H2,1-3H3/t17-,23+/m0/s1. The number of benzene rings is 2. The summed E-state index contributed by atoms with van der Waals surface area (Å²) in [7, 11) is 3.83. The molecule has 1 fully saturated rings. The molecular formula is C23H29BN2O3. The van der Waals surface area contributed by atoms with Crippen molar-refractivity contribution in [1.29, 1.82) is 0 Å². The number of ether oxygens (including phenoxy) is 1. The molecular weight excluding hydrogens is 363 g/mol. The van der Waals surface area contributed by atoms with E-state index in [1.54, 1.807) is 23.8 Å². The number of rotatable bonds is 6. The number of hydrogen-bond donors (Lipinski definition) is 0. The molecule has 0 radical (unpaired) electrons. The fourth-order valence-electron chi connectivity index (χ4n) is 3.82. The molecule has 3 rings (SSSR count). The summed E-state index contributed by atoms with van der Waals surface area (Å²) in [6.07, 6.45) is 0.953. The molecule has 2 aromatic rings. The van der Waals surface area contributed by atoms with E-state index in [4.69, 9.17) is 4.74 Å². The minimum absolute atomic E-state index is 0.00460. The highest BCUT2D eigenvalue weighted by atomic mass is 16.6. The molecule has 0 bridgehead atoms. The summed E-state index contributed by atoms with van der Waals surface area (Å²) >= 11 is 0. The summed E-state index contributed by atoms with van der Waals surface area (Å²) in [5.41, 5.74) is 2.55. The molecule has 2 atom stereocenters. The van der Waals surface area contributed by atoms with Crippen molar-refractivity contribution in [1.82, 2.24) is 9.80 Å². The maximum Gasteiger partial charge on any atom is 0.411 e. The molecule has 1 heterocycles. The van der Waals surface area contributed by atoms with Gasteiger partial charge in [0, 0.05) is 39.9 Å². The van der Waals surface area contributed by atoms with Gasteiger partial charge >= 0.3 is 6.09 Å². The van der Waals surface area contributed by atoms with Crippen LogP contribution in [-0.4, -0.2) is 49.8 Å². The lowest BCUT2D eigenvalue weighted by molar-refractivity contribution is -0.128. The lowest BCUT2D eigenvalue weighted by atomic mass is 9.85. The van der Waals surface area contributed by atoms with Crippen molar-refractivity contribution in [3.05, 3.63) is 65.7 Å². The molecule has 152 valence electrons. The SMILES string of the molecule is Bc1ccc([C@H](C)N2CC[C@](CCN(C)C(C)=O)(c3ccccc3)OC2=O)cc1. The summed E-state index contributed by atoms with van der Waals surface area (Å²) in [4.78, 5) is 28.2. The topological polar surface area (TPSA) is 49.9 Å². The van der Waals surface area contributed by atoms with Crippen LogP contribution in [0.1, 0.15) is 43.9 Å². The van der Waals surface area contributed by atoms with Crippen LogP contribution in [0.25, 0.3) is 0 Å². The molecule has 2 aromatic carbocycles. The van der Waals surface area contributed by atoms with Crippen molar-refractivity contribution in [3.63, 3.8) is 0 Å². The van der Waals surface area contributed by atoms with E-state index in [-0.39, 0.29) is 18.0 Å². The Morgan fingerprint density at radius 3 is 2.45 bits per heavy atom. The minimum atomic E-state index is -0.717. The Hall–Kier alpha value is -2.76. The first-order valence-corrected chi connectivity index (χ1v) is 10.2. The normalized spacial score (nSPS) is 20.1. The fraction of sp³-hybridized carbons (Fsp3) is 0.391. The van der Waals surface area contributed by atoms with Crippen molar-refractivity contribution in [2.45, 2.75) is 38.3 Å². The zero-order valence-corrected chi connectivity index (χ0v) is 17.7. The van der Waals surface area contributed by atoms with Gasteiger partial charge in [0.2, 0.25) is 5.91 Å². The number of amides is 2. The molecule has 0 unspecified atom stereocenters. The second-order valence-electron chi connectivity index (χ2n) is 7.95. The minimum Gasteiger partial charge on any atom is -0.438 e. The Morgan fingerprint density at radius 1 is 1.21 bits per heavy atom. The van der Waals surface area contributed by atoms with Crippen molar-refractivity contribution in [2.24, 2.45) is 0 Å². The number of cyclic esters (lactones) is 1. The van der Waals surface area contributed by atoms with Crippen LogP contribution in [0.3, 0.4) is 0 Å². The average molecular weight is 392 g/mol. The van der Waals surface area contributed by atoms with Gasteiger partial charge in [-0.05, 0) is 18.1 Å². The van der Waals surface area contributed by atoms with Crippen molar-refractivity contribution in [2.75, 3.05) is 20.1 Å². The molecule has 0 saturated carbocycles. The van der Waals surface area contributed by atoms with E-state index in [9.17, 15) is 9.59 Å². The highest BCUT2D eigenvalue weighted by Gasteiger charge is 2.43. The number of carbonyl (C=O) groups is 2. The molecule has 1 aliphatic rings. The summed E-state index contributed by atoms with van der Waals surface area (Å²) in [5.74, 6) is 0.00460. The Morgan fingerprint density at radius 2 is 1.86 bits per heavy atom. The van der Waals surface area contributed by atoms with E-state index >= 15 is 0 Å². The van der Waals surface area contributed by atoms with Crippen LogP contribution >= 0.6 is 0 Å². The third-order valence-electron chi connectivity index (χ3n) is 5.99. The van der Waals surface area contributed by atoms with E-state index in [1.807, 2.05) is 37.3 Å². The number of carbonyl (C=O) groups excluding carboxylic acids is 2. The van der Waals surface area contributed by atoms with Gasteiger partial charge in [0.25, 0.3) is 0 Å². The van der Waals surface area contributed by atoms with Crippen LogP contribution in [0, 0.1) is 0 Å². The lowest BCUT2D eigenvalue weighted by Gasteiger charge is -2.44. The van der Waals surface area contributed by atoms with Crippen LogP contribution in [0.5, 0.6) is 0 Å². The lowest BCUT2D eigenvalue weighted by Crippen LogP contribution is -2.49. The number of nitrogens with zero attached hydrogens (tertiary/aromatic N) is 2. The van der Waals surface area contributed by atoms with E-state index in [0.29, 0.717) is 25.9 Å². The second kappa shape index (κ2) is 8.72. The van der Waals surface area contributed by atoms with Crippen LogP contribution in [-0.2, 0) is 15.1 Å². The fourth-order valence-corrected chi connectivity index (χ4v) is 3.82. The van der Waals surface area contributed by atoms with Crippen LogP contribution < -0.4 is 5.46 Å². The molecule has 0 aliphatic carbocycles. The first-order valence-electron chi connectivity index (χ1n) is 10.2. The quantitative estimate of drug-likeness (QED) is 0.711. The van der Waals surface area contributed by atoms with E-state index in [1.165, 1.54) is 5.46 Å². The Labute approximate surface area is 174 Å². The largest absolute Gasteiger partial charge is 0.438 e. The number of hydrogen-bond acceptors (Lipinski definition) is 3. The van der Waals surface area contributed by atoms with Crippen molar-refractivity contribution in [3.8, 4) is 0 Å². The first-order chi connectivity index (χ1) is 13.8. The smallest absolute Gasteiger partial charge is 0.411 e.